The van der Waals surface area contributed by atoms with Crippen molar-refractivity contribution in [1.29, 1.82) is 0 Å². The van der Waals surface area contributed by atoms with Crippen LogP contribution in [0.25, 0.3) is 10.9 Å². The van der Waals surface area contributed by atoms with Gasteiger partial charge in [0.2, 0.25) is 0 Å². The number of aromatic nitrogens is 2. The van der Waals surface area contributed by atoms with Crippen LogP contribution in [0.1, 0.15) is 16.1 Å². The van der Waals surface area contributed by atoms with Crippen molar-refractivity contribution in [3.63, 3.8) is 0 Å². The van der Waals surface area contributed by atoms with Crippen molar-refractivity contribution in [1.82, 2.24) is 10.2 Å². The number of hydrogen-bond donors (Lipinski definition) is 3. The number of carboxylic acids is 1. The number of nitrogen functional groups attached to an aromatic ring is 1. The Hall–Kier alpha value is -2.04. The molecule has 0 amide bonds. The molecule has 0 spiro atoms. The van der Waals surface area contributed by atoms with Gasteiger partial charge in [-0.15, -0.1) is 0 Å². The molecule has 1 heterocycles. The second-order valence-corrected chi connectivity index (χ2v) is 3.11. The van der Waals surface area contributed by atoms with Gasteiger partial charge in [-0.25, -0.2) is 4.79 Å². The first-order valence-corrected chi connectivity index (χ1v) is 4.07. The molecule has 5 nitrogen and oxygen atoms in total. The van der Waals surface area contributed by atoms with Crippen LogP contribution in [0.4, 0.5) is 5.69 Å². The maximum Gasteiger partial charge on any atom is 0.337 e. The molecule has 0 aliphatic heterocycles. The highest BCUT2D eigenvalue weighted by atomic mass is 16.4. The molecule has 0 saturated carbocycles. The SMILES string of the molecule is Cc1[nH]nc2cc(C(=O)O)c(N)cc12. The van der Waals surface area contributed by atoms with Crippen LogP contribution in [0, 0.1) is 6.92 Å². The third kappa shape index (κ3) is 1.10. The van der Waals surface area contributed by atoms with Gasteiger partial charge in [-0.3, -0.25) is 5.10 Å². The van der Waals surface area contributed by atoms with Gasteiger partial charge in [-0.05, 0) is 19.1 Å². The van der Waals surface area contributed by atoms with Gasteiger partial charge in [0.05, 0.1) is 11.1 Å². The molecule has 72 valence electrons. The minimum absolute atomic E-state index is 0.0870. The van der Waals surface area contributed by atoms with Crippen LogP contribution in [0.2, 0.25) is 0 Å². The van der Waals surface area contributed by atoms with Crippen molar-refractivity contribution < 1.29 is 9.90 Å². The zero-order valence-electron chi connectivity index (χ0n) is 7.53. The second kappa shape index (κ2) is 2.73. The van der Waals surface area contributed by atoms with Crippen LogP contribution in [-0.2, 0) is 0 Å². The van der Waals surface area contributed by atoms with Gasteiger partial charge < -0.3 is 10.8 Å². The Labute approximate surface area is 79.5 Å². The van der Waals surface area contributed by atoms with Gasteiger partial charge in [-0.1, -0.05) is 0 Å². The van der Waals surface area contributed by atoms with E-state index < -0.39 is 5.97 Å². The number of rotatable bonds is 1. The van der Waals surface area contributed by atoms with E-state index in [2.05, 4.69) is 10.2 Å². The predicted octanol–water partition coefficient (Wildman–Crippen LogP) is 1.15. The lowest BCUT2D eigenvalue weighted by atomic mass is 10.1. The molecule has 5 heteroatoms. The quantitative estimate of drug-likeness (QED) is 0.589. The average molecular weight is 191 g/mol. The van der Waals surface area contributed by atoms with E-state index in [-0.39, 0.29) is 11.3 Å². The van der Waals surface area contributed by atoms with E-state index in [1.54, 1.807) is 6.07 Å². The number of nitrogens with zero attached hydrogens (tertiary/aromatic N) is 1. The van der Waals surface area contributed by atoms with Gasteiger partial charge in [0.25, 0.3) is 0 Å². The van der Waals surface area contributed by atoms with Gasteiger partial charge in [0, 0.05) is 16.8 Å². The van der Waals surface area contributed by atoms with Crippen molar-refractivity contribution >= 4 is 22.6 Å². The second-order valence-electron chi connectivity index (χ2n) is 3.11. The normalized spacial score (nSPS) is 10.6. The van der Waals surface area contributed by atoms with Crippen molar-refractivity contribution in [3.05, 3.63) is 23.4 Å². The molecule has 0 bridgehead atoms. The Bertz CT molecular complexity index is 516. The fourth-order valence-electron chi connectivity index (χ4n) is 1.39. The van der Waals surface area contributed by atoms with E-state index in [0.29, 0.717) is 5.52 Å². The Morgan fingerprint density at radius 1 is 1.57 bits per heavy atom. The van der Waals surface area contributed by atoms with E-state index in [1.807, 2.05) is 6.92 Å². The number of anilines is 1. The Morgan fingerprint density at radius 2 is 2.29 bits per heavy atom. The van der Waals surface area contributed by atoms with Crippen LogP contribution in [0.5, 0.6) is 0 Å². The lowest BCUT2D eigenvalue weighted by Crippen LogP contribution is -2.01. The molecule has 0 unspecified atom stereocenters. The lowest BCUT2D eigenvalue weighted by molar-refractivity contribution is 0.0698. The van der Waals surface area contributed by atoms with Crippen molar-refractivity contribution in [2.75, 3.05) is 5.73 Å². The molecule has 4 N–H and O–H groups in total. The predicted molar refractivity (Wildman–Crippen MR) is 52.2 cm³/mol. The molecular formula is C9H9N3O2. The third-order valence-electron chi connectivity index (χ3n) is 2.15. The van der Waals surface area contributed by atoms with Crippen LogP contribution >= 0.6 is 0 Å². The maximum atomic E-state index is 10.8. The van der Waals surface area contributed by atoms with E-state index in [4.69, 9.17) is 10.8 Å². The summed E-state index contributed by atoms with van der Waals surface area (Å²) in [7, 11) is 0. The highest BCUT2D eigenvalue weighted by molar-refractivity contribution is 5.99. The number of aromatic carboxylic acids is 1. The summed E-state index contributed by atoms with van der Waals surface area (Å²) in [6.45, 7) is 1.86. The first-order chi connectivity index (χ1) is 6.59. The molecule has 1 aromatic heterocycles. The highest BCUT2D eigenvalue weighted by Gasteiger charge is 2.11. The number of aromatic amines is 1. The molecule has 0 atom stereocenters. The van der Waals surface area contributed by atoms with Gasteiger partial charge in [-0.2, -0.15) is 5.10 Å². The largest absolute Gasteiger partial charge is 0.478 e. The molecular weight excluding hydrogens is 182 g/mol. The number of aryl methyl sites for hydroxylation is 1. The number of carbonyl (C=O) groups is 1. The standard InChI is InChI=1S/C9H9N3O2/c1-4-5-2-7(10)6(9(13)14)3-8(5)12-11-4/h2-3H,10H2,1H3,(H,11,12)(H,13,14). The number of H-pyrrole nitrogens is 1. The number of hydrogen-bond acceptors (Lipinski definition) is 3. The summed E-state index contributed by atoms with van der Waals surface area (Å²) < 4.78 is 0. The monoisotopic (exact) mass is 191 g/mol. The van der Waals surface area contributed by atoms with E-state index in [0.717, 1.165) is 11.1 Å². The number of benzene rings is 1. The number of nitrogens with two attached hydrogens (primary N) is 1. The summed E-state index contributed by atoms with van der Waals surface area (Å²) in [4.78, 5) is 10.8. The van der Waals surface area contributed by atoms with E-state index >= 15 is 0 Å². The molecule has 0 aliphatic carbocycles. The Kier molecular flexibility index (Phi) is 1.67. The first kappa shape index (κ1) is 8.55. The molecule has 0 aliphatic rings. The zero-order valence-corrected chi connectivity index (χ0v) is 7.53. The molecule has 1 aromatic carbocycles. The van der Waals surface area contributed by atoms with Crippen molar-refractivity contribution in [3.8, 4) is 0 Å². The average Bonchev–Trinajstić information content (AvgIpc) is 2.46. The minimum atomic E-state index is -1.04. The van der Waals surface area contributed by atoms with Crippen LogP contribution in [0.15, 0.2) is 12.1 Å². The molecule has 0 radical (unpaired) electrons. The Morgan fingerprint density at radius 3 is 2.93 bits per heavy atom. The van der Waals surface area contributed by atoms with Gasteiger partial charge in [0.1, 0.15) is 0 Å². The summed E-state index contributed by atoms with van der Waals surface area (Å²) in [5, 5.41) is 16.4. The van der Waals surface area contributed by atoms with E-state index in [9.17, 15) is 4.79 Å². The Balaban J connectivity index is 2.79. The fourth-order valence-corrected chi connectivity index (χ4v) is 1.39. The van der Waals surface area contributed by atoms with Gasteiger partial charge in [0.15, 0.2) is 0 Å². The minimum Gasteiger partial charge on any atom is -0.478 e. The summed E-state index contributed by atoms with van der Waals surface area (Å²) in [5.74, 6) is -1.04. The summed E-state index contributed by atoms with van der Waals surface area (Å²) in [6.07, 6.45) is 0. The summed E-state index contributed by atoms with van der Waals surface area (Å²) in [6, 6.07) is 3.09. The fraction of sp³-hybridized carbons (Fsp3) is 0.111. The van der Waals surface area contributed by atoms with E-state index in [1.165, 1.54) is 6.07 Å². The smallest absolute Gasteiger partial charge is 0.337 e. The van der Waals surface area contributed by atoms with Crippen molar-refractivity contribution in [2.24, 2.45) is 0 Å². The topological polar surface area (TPSA) is 92.0 Å². The summed E-state index contributed by atoms with van der Waals surface area (Å²) in [5.41, 5.74) is 7.44. The van der Waals surface area contributed by atoms with Crippen LogP contribution in [-0.4, -0.2) is 21.3 Å². The molecule has 2 rings (SSSR count). The van der Waals surface area contributed by atoms with Crippen LogP contribution in [0.3, 0.4) is 0 Å². The third-order valence-corrected chi connectivity index (χ3v) is 2.15. The van der Waals surface area contributed by atoms with Crippen molar-refractivity contribution in [2.45, 2.75) is 6.92 Å². The zero-order chi connectivity index (χ0) is 10.3. The summed E-state index contributed by atoms with van der Waals surface area (Å²) >= 11 is 0. The molecule has 0 fully saturated rings. The van der Waals surface area contributed by atoms with Gasteiger partial charge >= 0.3 is 5.97 Å². The molecule has 2 aromatic rings. The number of fused-ring (bicyclic) bond motifs is 1. The molecule has 0 saturated heterocycles. The number of carboxylic acid groups (broad SMARTS) is 1. The maximum absolute atomic E-state index is 10.8. The number of nitrogens with one attached hydrogen (secondary N) is 1. The van der Waals surface area contributed by atoms with Crippen LogP contribution < -0.4 is 5.73 Å². The lowest BCUT2D eigenvalue weighted by Gasteiger charge is -1.99. The highest BCUT2D eigenvalue weighted by Crippen LogP contribution is 2.22. The first-order valence-electron chi connectivity index (χ1n) is 4.07. The molecule has 14 heavy (non-hydrogen) atoms.